The van der Waals surface area contributed by atoms with E-state index in [0.29, 0.717) is 0 Å². The minimum Gasteiger partial charge on any atom is -0.381 e. The molecule has 96 valence electrons. The average molecular weight is 227 g/mol. The Hall–Kier alpha value is -0.0800. The monoisotopic (exact) mass is 227 g/mol. The molecule has 0 aromatic carbocycles. The maximum atomic E-state index is 5.69. The molecule has 1 fully saturated rings. The van der Waals surface area contributed by atoms with Crippen molar-refractivity contribution in [3.63, 3.8) is 0 Å². The summed E-state index contributed by atoms with van der Waals surface area (Å²) in [7, 11) is 0. The van der Waals surface area contributed by atoms with Crippen LogP contribution in [0, 0.1) is 5.92 Å². The van der Waals surface area contributed by atoms with E-state index in [1.807, 2.05) is 0 Å². The molecule has 2 heteroatoms. The highest BCUT2D eigenvalue weighted by Gasteiger charge is 2.11. The number of rotatable bonds is 9. The molecule has 1 atom stereocenters. The van der Waals surface area contributed by atoms with Gasteiger partial charge in [-0.05, 0) is 44.7 Å². The van der Waals surface area contributed by atoms with Crippen LogP contribution >= 0.6 is 0 Å². The first-order chi connectivity index (χ1) is 7.93. The van der Waals surface area contributed by atoms with E-state index in [0.717, 1.165) is 19.1 Å². The molecule has 0 amide bonds. The van der Waals surface area contributed by atoms with Crippen molar-refractivity contribution in [1.82, 2.24) is 5.32 Å². The van der Waals surface area contributed by atoms with Gasteiger partial charge in [-0.2, -0.15) is 0 Å². The molecule has 1 saturated heterocycles. The first-order valence-corrected chi connectivity index (χ1v) is 7.22. The summed E-state index contributed by atoms with van der Waals surface area (Å²) in [5.41, 5.74) is 0. The Morgan fingerprint density at radius 1 is 1.12 bits per heavy atom. The van der Waals surface area contributed by atoms with Crippen LogP contribution < -0.4 is 5.32 Å². The van der Waals surface area contributed by atoms with E-state index in [2.05, 4.69) is 12.2 Å². The lowest BCUT2D eigenvalue weighted by molar-refractivity contribution is 0.112. The lowest BCUT2D eigenvalue weighted by Gasteiger charge is -2.22. The molecule has 1 heterocycles. The molecule has 1 aliphatic heterocycles. The molecule has 0 aliphatic carbocycles. The minimum absolute atomic E-state index is 0.869. The topological polar surface area (TPSA) is 21.3 Å². The lowest BCUT2D eigenvalue weighted by Crippen LogP contribution is -2.30. The van der Waals surface area contributed by atoms with Crippen molar-refractivity contribution in [2.45, 2.75) is 58.3 Å². The van der Waals surface area contributed by atoms with Crippen molar-refractivity contribution in [1.29, 1.82) is 0 Å². The van der Waals surface area contributed by atoms with Crippen LogP contribution in [-0.2, 0) is 4.74 Å². The molecule has 0 aromatic rings. The first kappa shape index (κ1) is 14.0. The van der Waals surface area contributed by atoms with Crippen LogP contribution in [0.15, 0.2) is 0 Å². The summed E-state index contributed by atoms with van der Waals surface area (Å²) < 4.78 is 5.69. The van der Waals surface area contributed by atoms with E-state index in [4.69, 9.17) is 4.74 Å². The zero-order chi connectivity index (χ0) is 11.5. The Morgan fingerprint density at radius 2 is 2.00 bits per heavy atom. The Balaban J connectivity index is 1.77. The van der Waals surface area contributed by atoms with Gasteiger partial charge in [-0.25, -0.2) is 0 Å². The number of hydrogen-bond acceptors (Lipinski definition) is 2. The molecular formula is C14H29NO. The number of unbranched alkanes of at least 4 members (excludes halogenated alkanes) is 4. The summed E-state index contributed by atoms with van der Waals surface area (Å²) in [5.74, 6) is 0.869. The third-order valence-corrected chi connectivity index (χ3v) is 3.46. The van der Waals surface area contributed by atoms with Gasteiger partial charge in [0.05, 0.1) is 0 Å². The van der Waals surface area contributed by atoms with Crippen molar-refractivity contribution >= 4 is 0 Å². The number of piperidine rings is 1. The van der Waals surface area contributed by atoms with Crippen LogP contribution in [0.25, 0.3) is 0 Å². The standard InChI is InChI=1S/C14H29NO/c1-2-3-4-5-6-11-16-12-9-14-8-7-10-15-13-14/h14-15H,2-13H2,1H3. The highest BCUT2D eigenvalue weighted by Crippen LogP contribution is 2.13. The van der Waals surface area contributed by atoms with Gasteiger partial charge in [-0.1, -0.05) is 32.6 Å². The molecule has 0 bridgehead atoms. The van der Waals surface area contributed by atoms with Crippen molar-refractivity contribution in [3.05, 3.63) is 0 Å². The van der Waals surface area contributed by atoms with Crippen molar-refractivity contribution < 1.29 is 4.74 Å². The minimum atomic E-state index is 0.869. The van der Waals surface area contributed by atoms with Gasteiger partial charge in [0, 0.05) is 13.2 Å². The van der Waals surface area contributed by atoms with Gasteiger partial charge in [0.2, 0.25) is 0 Å². The first-order valence-electron chi connectivity index (χ1n) is 7.22. The molecule has 2 nitrogen and oxygen atoms in total. The Kier molecular flexibility index (Phi) is 8.83. The molecule has 1 N–H and O–H groups in total. The molecule has 1 unspecified atom stereocenters. The van der Waals surface area contributed by atoms with Gasteiger partial charge in [-0.15, -0.1) is 0 Å². The van der Waals surface area contributed by atoms with E-state index in [9.17, 15) is 0 Å². The third-order valence-electron chi connectivity index (χ3n) is 3.46. The van der Waals surface area contributed by atoms with E-state index in [1.165, 1.54) is 64.5 Å². The van der Waals surface area contributed by atoms with Crippen molar-refractivity contribution in [2.24, 2.45) is 5.92 Å². The molecular weight excluding hydrogens is 198 g/mol. The second kappa shape index (κ2) is 10.1. The number of hydrogen-bond donors (Lipinski definition) is 1. The highest BCUT2D eigenvalue weighted by atomic mass is 16.5. The highest BCUT2D eigenvalue weighted by molar-refractivity contribution is 4.68. The zero-order valence-electron chi connectivity index (χ0n) is 11.0. The summed E-state index contributed by atoms with van der Waals surface area (Å²) >= 11 is 0. The SMILES string of the molecule is CCCCCCCOCCC1CCCNC1. The van der Waals surface area contributed by atoms with E-state index < -0.39 is 0 Å². The summed E-state index contributed by atoms with van der Waals surface area (Å²) in [5, 5.41) is 3.45. The fourth-order valence-electron chi connectivity index (χ4n) is 2.33. The van der Waals surface area contributed by atoms with E-state index in [1.54, 1.807) is 0 Å². The lowest BCUT2D eigenvalue weighted by atomic mass is 9.97. The van der Waals surface area contributed by atoms with Crippen LogP contribution in [0.4, 0.5) is 0 Å². The summed E-state index contributed by atoms with van der Waals surface area (Å²) in [6.07, 6.45) is 10.7. The van der Waals surface area contributed by atoms with Crippen LogP contribution in [0.3, 0.4) is 0 Å². The van der Waals surface area contributed by atoms with Gasteiger partial charge in [0.15, 0.2) is 0 Å². The predicted octanol–water partition coefficient (Wildman–Crippen LogP) is 3.36. The van der Waals surface area contributed by atoms with Gasteiger partial charge in [0.1, 0.15) is 0 Å². The van der Waals surface area contributed by atoms with E-state index in [-0.39, 0.29) is 0 Å². The maximum Gasteiger partial charge on any atom is 0.0469 e. The molecule has 0 radical (unpaired) electrons. The molecule has 0 spiro atoms. The van der Waals surface area contributed by atoms with Crippen LogP contribution in [0.1, 0.15) is 58.3 Å². The number of nitrogens with one attached hydrogen (secondary N) is 1. The molecule has 0 aromatic heterocycles. The van der Waals surface area contributed by atoms with Crippen LogP contribution in [-0.4, -0.2) is 26.3 Å². The summed E-state index contributed by atoms with van der Waals surface area (Å²) in [4.78, 5) is 0. The predicted molar refractivity (Wildman–Crippen MR) is 69.8 cm³/mol. The quantitative estimate of drug-likeness (QED) is 0.610. The average Bonchev–Trinajstić information content (AvgIpc) is 2.34. The van der Waals surface area contributed by atoms with E-state index >= 15 is 0 Å². The Labute approximate surface area is 101 Å². The molecule has 1 aliphatic rings. The second-order valence-corrected chi connectivity index (χ2v) is 5.03. The van der Waals surface area contributed by atoms with Gasteiger partial charge < -0.3 is 10.1 Å². The number of ether oxygens (including phenoxy) is 1. The third kappa shape index (κ3) is 7.24. The molecule has 1 rings (SSSR count). The van der Waals surface area contributed by atoms with Crippen LogP contribution in [0.5, 0.6) is 0 Å². The Morgan fingerprint density at radius 3 is 2.75 bits per heavy atom. The zero-order valence-corrected chi connectivity index (χ0v) is 11.0. The second-order valence-electron chi connectivity index (χ2n) is 5.03. The fourth-order valence-corrected chi connectivity index (χ4v) is 2.33. The van der Waals surface area contributed by atoms with Gasteiger partial charge in [0.25, 0.3) is 0 Å². The summed E-state index contributed by atoms with van der Waals surface area (Å²) in [6, 6.07) is 0. The largest absolute Gasteiger partial charge is 0.381 e. The van der Waals surface area contributed by atoms with Gasteiger partial charge in [-0.3, -0.25) is 0 Å². The van der Waals surface area contributed by atoms with Crippen LogP contribution in [0.2, 0.25) is 0 Å². The summed E-state index contributed by atoms with van der Waals surface area (Å²) in [6.45, 7) is 6.63. The van der Waals surface area contributed by atoms with Crippen molar-refractivity contribution in [2.75, 3.05) is 26.3 Å². The fraction of sp³-hybridized carbons (Fsp3) is 1.00. The van der Waals surface area contributed by atoms with Crippen molar-refractivity contribution in [3.8, 4) is 0 Å². The molecule has 16 heavy (non-hydrogen) atoms. The smallest absolute Gasteiger partial charge is 0.0469 e. The molecule has 0 saturated carbocycles. The normalized spacial score (nSPS) is 21.2. The maximum absolute atomic E-state index is 5.69. The van der Waals surface area contributed by atoms with Gasteiger partial charge >= 0.3 is 0 Å². The Bertz CT molecular complexity index is 144.